The van der Waals surface area contributed by atoms with Crippen molar-refractivity contribution in [1.29, 1.82) is 0 Å². The van der Waals surface area contributed by atoms with Crippen LogP contribution in [0.1, 0.15) is 50.1 Å². The van der Waals surface area contributed by atoms with E-state index in [1.165, 1.54) is 31.4 Å². The molecule has 3 rings (SSSR count). The molecule has 0 radical (unpaired) electrons. The van der Waals surface area contributed by atoms with Crippen molar-refractivity contribution in [3.8, 4) is 0 Å². The van der Waals surface area contributed by atoms with E-state index in [-0.39, 0.29) is 0 Å². The maximum atomic E-state index is 5.86. The topological polar surface area (TPSA) is 55.0 Å². The van der Waals surface area contributed by atoms with Crippen molar-refractivity contribution in [2.24, 2.45) is 11.7 Å². The highest BCUT2D eigenvalue weighted by molar-refractivity contribution is 5.39. The molecule has 0 bridgehead atoms. The highest BCUT2D eigenvalue weighted by Crippen LogP contribution is 2.35. The summed E-state index contributed by atoms with van der Waals surface area (Å²) in [5.74, 6) is 2.47. The summed E-state index contributed by atoms with van der Waals surface area (Å²) in [5.41, 5.74) is 7.03. The lowest BCUT2D eigenvalue weighted by Gasteiger charge is -2.32. The molecule has 0 aliphatic heterocycles. The molecule has 1 aromatic heterocycles. The van der Waals surface area contributed by atoms with Crippen molar-refractivity contribution >= 4 is 5.82 Å². The normalized spacial score (nSPS) is 27.3. The van der Waals surface area contributed by atoms with Gasteiger partial charge < -0.3 is 10.6 Å². The molecule has 2 aliphatic carbocycles. The molecule has 1 aromatic rings. The first-order valence-corrected chi connectivity index (χ1v) is 7.51. The Balaban J connectivity index is 1.64. The van der Waals surface area contributed by atoms with Gasteiger partial charge in [-0.3, -0.25) is 0 Å². The Hall–Kier alpha value is -1.16. The number of nitrogens with two attached hydrogens (primary N) is 1. The molecular weight excluding hydrogens is 236 g/mol. The Morgan fingerprint density at radius 2 is 2.00 bits per heavy atom. The monoisotopic (exact) mass is 260 g/mol. The van der Waals surface area contributed by atoms with Gasteiger partial charge in [0.15, 0.2) is 0 Å². The lowest BCUT2D eigenvalue weighted by atomic mass is 9.78. The zero-order chi connectivity index (χ0) is 13.2. The predicted octanol–water partition coefficient (Wildman–Crippen LogP) is 2.31. The van der Waals surface area contributed by atoms with Crippen LogP contribution in [0.3, 0.4) is 0 Å². The van der Waals surface area contributed by atoms with Crippen LogP contribution >= 0.6 is 0 Å². The maximum absolute atomic E-state index is 5.86. The maximum Gasteiger partial charge on any atom is 0.131 e. The van der Waals surface area contributed by atoms with E-state index in [0.29, 0.717) is 12.0 Å². The van der Waals surface area contributed by atoms with E-state index in [1.807, 2.05) is 0 Å². The van der Waals surface area contributed by atoms with Gasteiger partial charge in [0, 0.05) is 37.3 Å². The first kappa shape index (κ1) is 12.9. The van der Waals surface area contributed by atoms with E-state index >= 15 is 0 Å². The minimum atomic E-state index is 0.375. The lowest BCUT2D eigenvalue weighted by molar-refractivity contribution is 0.345. The van der Waals surface area contributed by atoms with E-state index in [0.717, 1.165) is 31.1 Å². The molecule has 4 nitrogen and oxygen atoms in total. The fourth-order valence-corrected chi connectivity index (χ4v) is 3.37. The molecule has 0 spiro atoms. The summed E-state index contributed by atoms with van der Waals surface area (Å²) >= 11 is 0. The van der Waals surface area contributed by atoms with Gasteiger partial charge in [0.1, 0.15) is 12.1 Å². The standard InChI is InChI=1S/C15H24N4/c1-19(9-11-4-2-3-5-11)15-8-14(17-10-18-15)12-6-13(16)7-12/h8,10-13H,2-7,9,16H2,1H3. The summed E-state index contributed by atoms with van der Waals surface area (Å²) in [6.45, 7) is 1.13. The van der Waals surface area contributed by atoms with Crippen LogP contribution in [0.2, 0.25) is 0 Å². The molecule has 2 saturated carbocycles. The Labute approximate surface area is 115 Å². The van der Waals surface area contributed by atoms with Crippen LogP contribution in [-0.4, -0.2) is 29.6 Å². The summed E-state index contributed by atoms with van der Waals surface area (Å²) in [5, 5.41) is 0. The molecule has 0 atom stereocenters. The number of aromatic nitrogens is 2. The molecule has 0 aromatic carbocycles. The molecular formula is C15H24N4. The average Bonchev–Trinajstić information content (AvgIpc) is 2.88. The molecule has 19 heavy (non-hydrogen) atoms. The first-order chi connectivity index (χ1) is 9.22. The Morgan fingerprint density at radius 3 is 2.68 bits per heavy atom. The van der Waals surface area contributed by atoms with Crippen LogP contribution in [0.25, 0.3) is 0 Å². The summed E-state index contributed by atoms with van der Waals surface area (Å²) in [4.78, 5) is 11.1. The summed E-state index contributed by atoms with van der Waals surface area (Å²) < 4.78 is 0. The number of nitrogens with zero attached hydrogens (tertiary/aromatic N) is 3. The molecule has 104 valence electrons. The third-order valence-electron chi connectivity index (χ3n) is 4.66. The smallest absolute Gasteiger partial charge is 0.131 e. The number of rotatable bonds is 4. The van der Waals surface area contributed by atoms with Crippen LogP contribution in [0.5, 0.6) is 0 Å². The zero-order valence-corrected chi connectivity index (χ0v) is 11.8. The van der Waals surface area contributed by atoms with Crippen LogP contribution in [0, 0.1) is 5.92 Å². The molecule has 0 amide bonds. The van der Waals surface area contributed by atoms with Crippen molar-refractivity contribution in [1.82, 2.24) is 9.97 Å². The van der Waals surface area contributed by atoms with Gasteiger partial charge in [-0.15, -0.1) is 0 Å². The van der Waals surface area contributed by atoms with Crippen molar-refractivity contribution < 1.29 is 0 Å². The number of hydrogen-bond acceptors (Lipinski definition) is 4. The Morgan fingerprint density at radius 1 is 1.26 bits per heavy atom. The van der Waals surface area contributed by atoms with Crippen LogP contribution in [0.15, 0.2) is 12.4 Å². The third-order valence-corrected chi connectivity index (χ3v) is 4.66. The van der Waals surface area contributed by atoms with Gasteiger partial charge in [0.2, 0.25) is 0 Å². The van der Waals surface area contributed by atoms with Gasteiger partial charge in [-0.2, -0.15) is 0 Å². The van der Waals surface area contributed by atoms with Crippen molar-refractivity contribution in [2.45, 2.75) is 50.5 Å². The molecule has 2 fully saturated rings. The van der Waals surface area contributed by atoms with E-state index in [1.54, 1.807) is 6.33 Å². The highest BCUT2D eigenvalue weighted by Gasteiger charge is 2.29. The number of anilines is 1. The van der Waals surface area contributed by atoms with Gasteiger partial charge in [-0.25, -0.2) is 9.97 Å². The van der Waals surface area contributed by atoms with Crippen molar-refractivity contribution in [3.05, 3.63) is 18.1 Å². The SMILES string of the molecule is CN(CC1CCCC1)c1cc(C2CC(N)C2)ncn1. The van der Waals surface area contributed by atoms with Crippen molar-refractivity contribution in [2.75, 3.05) is 18.5 Å². The third kappa shape index (κ3) is 2.89. The second-order valence-corrected chi connectivity index (χ2v) is 6.26. The van der Waals surface area contributed by atoms with E-state index in [4.69, 9.17) is 5.73 Å². The summed E-state index contributed by atoms with van der Waals surface area (Å²) in [7, 11) is 2.15. The molecule has 0 saturated heterocycles. The summed E-state index contributed by atoms with van der Waals surface area (Å²) in [6.07, 6.45) is 9.39. The van der Waals surface area contributed by atoms with Crippen LogP contribution in [-0.2, 0) is 0 Å². The summed E-state index contributed by atoms with van der Waals surface area (Å²) in [6, 6.07) is 2.53. The van der Waals surface area contributed by atoms with Gasteiger partial charge in [-0.1, -0.05) is 12.8 Å². The molecule has 2 N–H and O–H groups in total. The molecule has 0 unspecified atom stereocenters. The Kier molecular flexibility index (Phi) is 3.69. The lowest BCUT2D eigenvalue weighted by Crippen LogP contribution is -2.35. The Bertz CT molecular complexity index is 422. The van der Waals surface area contributed by atoms with E-state index in [9.17, 15) is 0 Å². The first-order valence-electron chi connectivity index (χ1n) is 7.51. The second-order valence-electron chi connectivity index (χ2n) is 6.26. The molecule has 1 heterocycles. The molecule has 4 heteroatoms. The fraction of sp³-hybridized carbons (Fsp3) is 0.733. The van der Waals surface area contributed by atoms with Gasteiger partial charge >= 0.3 is 0 Å². The quantitative estimate of drug-likeness (QED) is 0.902. The fourth-order valence-electron chi connectivity index (χ4n) is 3.37. The second kappa shape index (κ2) is 5.45. The average molecular weight is 260 g/mol. The van der Waals surface area contributed by atoms with Crippen molar-refractivity contribution in [3.63, 3.8) is 0 Å². The van der Waals surface area contributed by atoms with Gasteiger partial charge in [0.25, 0.3) is 0 Å². The van der Waals surface area contributed by atoms with Crippen LogP contribution in [0.4, 0.5) is 5.82 Å². The zero-order valence-electron chi connectivity index (χ0n) is 11.8. The number of hydrogen-bond donors (Lipinski definition) is 1. The van der Waals surface area contributed by atoms with Crippen LogP contribution < -0.4 is 10.6 Å². The van der Waals surface area contributed by atoms with Gasteiger partial charge in [0.05, 0.1) is 0 Å². The largest absolute Gasteiger partial charge is 0.359 e. The van der Waals surface area contributed by atoms with E-state index in [2.05, 4.69) is 28.0 Å². The highest BCUT2D eigenvalue weighted by atomic mass is 15.2. The molecule has 2 aliphatic rings. The minimum absolute atomic E-state index is 0.375. The predicted molar refractivity (Wildman–Crippen MR) is 77.2 cm³/mol. The van der Waals surface area contributed by atoms with Gasteiger partial charge in [-0.05, 0) is 31.6 Å². The van der Waals surface area contributed by atoms with E-state index < -0.39 is 0 Å². The minimum Gasteiger partial charge on any atom is -0.359 e.